The first-order valence-electron chi connectivity index (χ1n) is 9.74. The lowest BCUT2D eigenvalue weighted by molar-refractivity contribution is 0.0600. The summed E-state index contributed by atoms with van der Waals surface area (Å²) >= 11 is 2.47. The van der Waals surface area contributed by atoms with Gasteiger partial charge in [-0.15, -0.1) is 0 Å². The summed E-state index contributed by atoms with van der Waals surface area (Å²) in [6, 6.07) is 12.9. The molecular weight excluding hydrogens is 449 g/mol. The minimum Gasteiger partial charge on any atom is -0.465 e. The van der Waals surface area contributed by atoms with Crippen LogP contribution in [0.1, 0.15) is 57.8 Å². The zero-order valence-corrected chi connectivity index (χ0v) is 18.3. The summed E-state index contributed by atoms with van der Waals surface area (Å²) in [4.78, 5) is 14.4. The fraction of sp³-hybridized carbons (Fsp3) is 0.435. The molecule has 1 heterocycles. The van der Waals surface area contributed by atoms with E-state index < -0.39 is 0 Å². The van der Waals surface area contributed by atoms with Crippen LogP contribution in [-0.2, 0) is 4.74 Å². The van der Waals surface area contributed by atoms with E-state index in [9.17, 15) is 4.79 Å². The number of piperidine rings is 1. The lowest BCUT2D eigenvalue weighted by Crippen LogP contribution is -2.38. The first-order chi connectivity index (χ1) is 13.0. The van der Waals surface area contributed by atoms with Crippen LogP contribution in [0, 0.1) is 16.4 Å². The van der Waals surface area contributed by atoms with Crippen molar-refractivity contribution in [3.05, 3.63) is 67.8 Å². The average Bonchev–Trinajstić information content (AvgIpc) is 3.00. The van der Waals surface area contributed by atoms with Crippen LogP contribution < -0.4 is 0 Å². The summed E-state index contributed by atoms with van der Waals surface area (Å²) in [7, 11) is 1.43. The van der Waals surface area contributed by atoms with Crippen LogP contribution in [0.3, 0.4) is 0 Å². The fourth-order valence-corrected chi connectivity index (χ4v) is 5.46. The van der Waals surface area contributed by atoms with Gasteiger partial charge in [0.05, 0.1) is 12.7 Å². The zero-order chi connectivity index (χ0) is 19.1. The molecule has 3 nitrogen and oxygen atoms in total. The highest BCUT2D eigenvalue weighted by atomic mass is 127. The molecule has 27 heavy (non-hydrogen) atoms. The van der Waals surface area contributed by atoms with Gasteiger partial charge in [-0.25, -0.2) is 4.79 Å². The number of rotatable bonds is 3. The normalized spacial score (nSPS) is 24.4. The van der Waals surface area contributed by atoms with E-state index in [4.69, 9.17) is 4.74 Å². The van der Waals surface area contributed by atoms with Crippen LogP contribution in [-0.4, -0.2) is 37.6 Å². The Labute approximate surface area is 175 Å². The van der Waals surface area contributed by atoms with Crippen LogP contribution >= 0.6 is 22.6 Å². The number of hydrogen-bond acceptors (Lipinski definition) is 3. The van der Waals surface area contributed by atoms with Crippen molar-refractivity contribution in [3.8, 4) is 0 Å². The molecule has 3 atom stereocenters. The zero-order valence-electron chi connectivity index (χ0n) is 16.2. The summed E-state index contributed by atoms with van der Waals surface area (Å²) in [5, 5.41) is 0. The first kappa shape index (κ1) is 18.9. The third-order valence-corrected chi connectivity index (χ3v) is 7.58. The fourth-order valence-electron chi connectivity index (χ4n) is 4.96. The second-order valence-electron chi connectivity index (χ2n) is 7.77. The molecule has 1 saturated heterocycles. The Morgan fingerprint density at radius 3 is 2.63 bits per heavy atom. The molecule has 0 N–H and O–H groups in total. The lowest BCUT2D eigenvalue weighted by atomic mass is 9.78. The third-order valence-electron chi connectivity index (χ3n) is 6.42. The third kappa shape index (κ3) is 3.31. The number of ether oxygens (including phenoxy) is 1. The molecule has 142 valence electrons. The molecule has 0 amide bonds. The lowest BCUT2D eigenvalue weighted by Gasteiger charge is -2.37. The highest BCUT2D eigenvalue weighted by Gasteiger charge is 2.44. The van der Waals surface area contributed by atoms with Crippen LogP contribution in [0.4, 0.5) is 0 Å². The van der Waals surface area contributed by atoms with Crippen LogP contribution in [0.25, 0.3) is 0 Å². The van der Waals surface area contributed by atoms with Gasteiger partial charge in [-0.2, -0.15) is 0 Å². The van der Waals surface area contributed by atoms with Crippen molar-refractivity contribution in [1.82, 2.24) is 4.90 Å². The number of benzene rings is 2. The van der Waals surface area contributed by atoms with Crippen LogP contribution in [0.5, 0.6) is 0 Å². The SMILES string of the molecule is CCN1CC[C@@H]2[C@@H](c3ccc(C(=O)OC)cc3)c3cc(C)c(I)cc3[C@@H]2C1. The van der Waals surface area contributed by atoms with Crippen molar-refractivity contribution in [3.63, 3.8) is 0 Å². The second kappa shape index (κ2) is 7.55. The summed E-state index contributed by atoms with van der Waals surface area (Å²) in [5.41, 5.74) is 6.33. The van der Waals surface area contributed by atoms with Gasteiger partial charge >= 0.3 is 5.97 Å². The molecule has 2 aromatic carbocycles. The van der Waals surface area contributed by atoms with Gasteiger partial charge in [0.15, 0.2) is 0 Å². The molecule has 2 aliphatic rings. The Kier molecular flexibility index (Phi) is 5.30. The van der Waals surface area contributed by atoms with Crippen molar-refractivity contribution < 1.29 is 9.53 Å². The number of carbonyl (C=O) groups is 1. The number of carbonyl (C=O) groups excluding carboxylic acids is 1. The topological polar surface area (TPSA) is 29.5 Å². The van der Waals surface area contributed by atoms with E-state index in [-0.39, 0.29) is 5.97 Å². The monoisotopic (exact) mass is 475 g/mol. The molecule has 2 aromatic rings. The van der Waals surface area contributed by atoms with Crippen LogP contribution in [0.15, 0.2) is 36.4 Å². The second-order valence-corrected chi connectivity index (χ2v) is 8.94. The van der Waals surface area contributed by atoms with E-state index in [2.05, 4.69) is 65.6 Å². The molecule has 0 saturated carbocycles. The van der Waals surface area contributed by atoms with Gasteiger partial charge in [0.1, 0.15) is 0 Å². The Balaban J connectivity index is 1.76. The highest BCUT2D eigenvalue weighted by Crippen LogP contribution is 2.53. The molecule has 4 heteroatoms. The molecule has 0 unspecified atom stereocenters. The van der Waals surface area contributed by atoms with Gasteiger partial charge in [0.2, 0.25) is 0 Å². The number of halogens is 1. The maximum Gasteiger partial charge on any atom is 0.337 e. The van der Waals surface area contributed by atoms with Gasteiger partial charge in [-0.05, 0) is 95.4 Å². The summed E-state index contributed by atoms with van der Waals surface area (Å²) in [5.74, 6) is 1.40. The van der Waals surface area contributed by atoms with Crippen molar-refractivity contribution in [2.45, 2.75) is 32.1 Å². The largest absolute Gasteiger partial charge is 0.465 e. The number of methoxy groups -OCH3 is 1. The van der Waals surface area contributed by atoms with Gasteiger partial charge in [0.25, 0.3) is 0 Å². The Bertz CT molecular complexity index is 861. The summed E-state index contributed by atoms with van der Waals surface area (Å²) in [6.07, 6.45) is 1.23. The molecule has 1 aliphatic carbocycles. The van der Waals surface area contributed by atoms with Crippen LogP contribution in [0.2, 0.25) is 0 Å². The smallest absolute Gasteiger partial charge is 0.337 e. The molecule has 0 bridgehead atoms. The molecule has 1 aliphatic heterocycles. The number of fused-ring (bicyclic) bond motifs is 3. The Hall–Kier alpha value is -1.40. The quantitative estimate of drug-likeness (QED) is 0.465. The molecule has 0 aromatic heterocycles. The maximum atomic E-state index is 11.8. The maximum absolute atomic E-state index is 11.8. The molecular formula is C23H26INO2. The Morgan fingerprint density at radius 1 is 1.22 bits per heavy atom. The van der Waals surface area contributed by atoms with E-state index >= 15 is 0 Å². The predicted molar refractivity (Wildman–Crippen MR) is 116 cm³/mol. The molecule has 0 spiro atoms. The van der Waals surface area contributed by atoms with Gasteiger partial charge in [0, 0.05) is 22.0 Å². The van der Waals surface area contributed by atoms with E-state index in [1.54, 1.807) is 0 Å². The number of likely N-dealkylation sites (tertiary alicyclic amines) is 1. The first-order valence-corrected chi connectivity index (χ1v) is 10.8. The van der Waals surface area contributed by atoms with E-state index in [1.165, 1.54) is 45.9 Å². The van der Waals surface area contributed by atoms with E-state index in [1.807, 2.05) is 12.1 Å². The van der Waals surface area contributed by atoms with E-state index in [0.717, 1.165) is 13.1 Å². The molecule has 1 fully saturated rings. The number of aryl methyl sites for hydroxylation is 1. The standard InChI is InChI=1S/C23H26INO2/c1-4-25-10-9-17-20(13-25)18-12-21(24)14(2)11-19(18)22(17)15-5-7-16(8-6-15)23(26)27-3/h5-8,11-12,17,20,22H,4,9-10,13H2,1-3H3/t17-,20+,22+/m0/s1. The van der Waals surface area contributed by atoms with E-state index in [0.29, 0.717) is 23.3 Å². The van der Waals surface area contributed by atoms with Gasteiger partial charge in [-0.3, -0.25) is 0 Å². The minimum absolute atomic E-state index is 0.270. The number of esters is 1. The van der Waals surface area contributed by atoms with Gasteiger partial charge in [-0.1, -0.05) is 25.1 Å². The van der Waals surface area contributed by atoms with Gasteiger partial charge < -0.3 is 9.64 Å². The van der Waals surface area contributed by atoms with Crippen molar-refractivity contribution in [2.75, 3.05) is 26.7 Å². The predicted octanol–water partition coefficient (Wildman–Crippen LogP) is 4.96. The Morgan fingerprint density at radius 2 is 1.96 bits per heavy atom. The highest BCUT2D eigenvalue weighted by molar-refractivity contribution is 14.1. The van der Waals surface area contributed by atoms with Crippen molar-refractivity contribution in [2.24, 2.45) is 5.92 Å². The molecule has 0 radical (unpaired) electrons. The number of nitrogens with zero attached hydrogens (tertiary/aromatic N) is 1. The summed E-state index contributed by atoms with van der Waals surface area (Å²) in [6.45, 7) is 7.93. The summed E-state index contributed by atoms with van der Waals surface area (Å²) < 4.78 is 6.21. The van der Waals surface area contributed by atoms with Crippen molar-refractivity contribution >= 4 is 28.6 Å². The van der Waals surface area contributed by atoms with Crippen molar-refractivity contribution in [1.29, 1.82) is 0 Å². The number of likely N-dealkylation sites (N-methyl/N-ethyl adjacent to an activating group) is 1. The molecule has 4 rings (SSSR count). The number of hydrogen-bond donors (Lipinski definition) is 0. The average molecular weight is 475 g/mol. The minimum atomic E-state index is -0.270.